The third-order valence-corrected chi connectivity index (χ3v) is 4.65. The van der Waals surface area contributed by atoms with E-state index in [2.05, 4.69) is 10.3 Å². The zero-order valence-corrected chi connectivity index (χ0v) is 15.3. The van der Waals surface area contributed by atoms with Crippen LogP contribution in [0.25, 0.3) is 16.7 Å². The smallest absolute Gasteiger partial charge is 0.338 e. The second kappa shape index (κ2) is 6.87. The number of nitrogens with zero attached hydrogens (tertiary/aromatic N) is 2. The first kappa shape index (κ1) is 17.3. The molecule has 27 heavy (non-hydrogen) atoms. The number of hydrogen-bond acceptors (Lipinski definition) is 4. The first-order valence-electron chi connectivity index (χ1n) is 9.09. The molecule has 0 saturated heterocycles. The molecule has 1 aliphatic rings. The minimum Gasteiger partial charge on any atom is -0.449 e. The lowest BCUT2D eigenvalue weighted by molar-refractivity contribution is -0.129. The number of nitrogens with one attached hydrogen (secondary N) is 1. The summed E-state index contributed by atoms with van der Waals surface area (Å²) in [5, 5.41) is 2.84. The number of esters is 1. The van der Waals surface area contributed by atoms with Gasteiger partial charge in [0, 0.05) is 11.7 Å². The number of aromatic nitrogens is 2. The first-order chi connectivity index (χ1) is 13.0. The van der Waals surface area contributed by atoms with E-state index in [4.69, 9.17) is 4.74 Å². The van der Waals surface area contributed by atoms with Crippen LogP contribution in [0.3, 0.4) is 0 Å². The van der Waals surface area contributed by atoms with Gasteiger partial charge in [-0.2, -0.15) is 0 Å². The van der Waals surface area contributed by atoms with Gasteiger partial charge in [-0.05, 0) is 57.0 Å². The van der Waals surface area contributed by atoms with E-state index >= 15 is 0 Å². The average Bonchev–Trinajstić information content (AvgIpc) is 3.41. The molecule has 1 heterocycles. The summed E-state index contributed by atoms with van der Waals surface area (Å²) in [7, 11) is 0. The minimum absolute atomic E-state index is 0.236. The number of ether oxygens (including phenoxy) is 1. The fourth-order valence-electron chi connectivity index (χ4n) is 3.06. The van der Waals surface area contributed by atoms with Gasteiger partial charge in [0.2, 0.25) is 0 Å². The van der Waals surface area contributed by atoms with Gasteiger partial charge in [0.15, 0.2) is 6.10 Å². The SMILES string of the molecule is Cc1nc2cc(C(=O)OC(C)C(=O)NC3CC3)ccc2n1-c1ccccc1. The molecule has 1 unspecified atom stereocenters. The maximum atomic E-state index is 12.4. The van der Waals surface area contributed by atoms with Crippen molar-refractivity contribution in [1.82, 2.24) is 14.9 Å². The Labute approximate surface area is 157 Å². The summed E-state index contributed by atoms with van der Waals surface area (Å²) in [6.45, 7) is 3.51. The van der Waals surface area contributed by atoms with Crippen LogP contribution >= 0.6 is 0 Å². The molecular weight excluding hydrogens is 342 g/mol. The van der Waals surface area contributed by atoms with Crippen LogP contribution in [-0.2, 0) is 9.53 Å². The topological polar surface area (TPSA) is 73.2 Å². The molecule has 1 aliphatic carbocycles. The van der Waals surface area contributed by atoms with Gasteiger partial charge in [-0.1, -0.05) is 18.2 Å². The predicted octanol–water partition coefficient (Wildman–Crippen LogP) is 3.16. The Morgan fingerprint density at radius 2 is 1.93 bits per heavy atom. The molecule has 1 aromatic heterocycles. The monoisotopic (exact) mass is 363 g/mol. The van der Waals surface area contributed by atoms with Gasteiger partial charge in [-0.25, -0.2) is 9.78 Å². The van der Waals surface area contributed by atoms with Gasteiger partial charge in [0.05, 0.1) is 16.6 Å². The van der Waals surface area contributed by atoms with Crippen molar-refractivity contribution in [2.75, 3.05) is 0 Å². The molecule has 0 bridgehead atoms. The summed E-state index contributed by atoms with van der Waals surface area (Å²) in [6, 6.07) is 15.4. The molecule has 1 atom stereocenters. The van der Waals surface area contributed by atoms with Gasteiger partial charge in [0.25, 0.3) is 5.91 Å². The summed E-state index contributed by atoms with van der Waals surface area (Å²) in [5.74, 6) is 0.0530. The standard InChI is InChI=1S/C21H21N3O3/c1-13(20(25)23-16-9-10-16)27-21(26)15-8-11-19-18(12-15)22-14(2)24(19)17-6-4-3-5-7-17/h3-8,11-13,16H,9-10H2,1-2H3,(H,23,25). The molecule has 3 aromatic rings. The second-order valence-electron chi connectivity index (χ2n) is 6.86. The Balaban J connectivity index is 1.56. The Morgan fingerprint density at radius 1 is 1.19 bits per heavy atom. The van der Waals surface area contributed by atoms with Crippen molar-refractivity contribution in [2.24, 2.45) is 0 Å². The van der Waals surface area contributed by atoms with Gasteiger partial charge in [-0.15, -0.1) is 0 Å². The first-order valence-corrected chi connectivity index (χ1v) is 9.09. The largest absolute Gasteiger partial charge is 0.449 e. The highest BCUT2D eigenvalue weighted by atomic mass is 16.5. The Kier molecular flexibility index (Phi) is 4.39. The number of hydrogen-bond donors (Lipinski definition) is 1. The van der Waals surface area contributed by atoms with Crippen molar-refractivity contribution >= 4 is 22.9 Å². The van der Waals surface area contributed by atoms with Crippen molar-refractivity contribution in [3.8, 4) is 5.69 Å². The second-order valence-corrected chi connectivity index (χ2v) is 6.86. The number of fused-ring (bicyclic) bond motifs is 1. The quantitative estimate of drug-likeness (QED) is 0.707. The third kappa shape index (κ3) is 3.56. The molecule has 0 spiro atoms. The fourth-order valence-corrected chi connectivity index (χ4v) is 3.06. The molecule has 1 fully saturated rings. The molecular formula is C21H21N3O3. The van der Waals surface area contributed by atoms with Crippen LogP contribution in [0.5, 0.6) is 0 Å². The van der Waals surface area contributed by atoms with E-state index in [1.165, 1.54) is 0 Å². The number of benzene rings is 2. The maximum Gasteiger partial charge on any atom is 0.338 e. The summed E-state index contributed by atoms with van der Waals surface area (Å²) < 4.78 is 7.35. The highest BCUT2D eigenvalue weighted by Crippen LogP contribution is 2.23. The fraction of sp³-hybridized carbons (Fsp3) is 0.286. The Bertz CT molecular complexity index is 1010. The molecule has 0 aliphatic heterocycles. The molecule has 2 aromatic carbocycles. The highest BCUT2D eigenvalue weighted by Gasteiger charge is 2.27. The van der Waals surface area contributed by atoms with Gasteiger partial charge >= 0.3 is 5.97 Å². The Morgan fingerprint density at radius 3 is 2.63 bits per heavy atom. The van der Waals surface area contributed by atoms with Crippen molar-refractivity contribution in [1.29, 1.82) is 0 Å². The lowest BCUT2D eigenvalue weighted by Crippen LogP contribution is -2.37. The molecule has 1 saturated carbocycles. The number of carbonyl (C=O) groups excluding carboxylic acids is 2. The van der Waals surface area contributed by atoms with E-state index in [1.807, 2.05) is 47.9 Å². The van der Waals surface area contributed by atoms with E-state index in [0.717, 1.165) is 29.9 Å². The van der Waals surface area contributed by atoms with Gasteiger partial charge in [-0.3, -0.25) is 9.36 Å². The van der Waals surface area contributed by atoms with Gasteiger partial charge < -0.3 is 10.1 Å². The zero-order valence-electron chi connectivity index (χ0n) is 15.3. The molecule has 6 heteroatoms. The zero-order chi connectivity index (χ0) is 19.0. The number of rotatable bonds is 5. The maximum absolute atomic E-state index is 12.4. The number of carbonyl (C=O) groups is 2. The lowest BCUT2D eigenvalue weighted by Gasteiger charge is -2.13. The van der Waals surface area contributed by atoms with E-state index < -0.39 is 12.1 Å². The lowest BCUT2D eigenvalue weighted by atomic mass is 10.2. The molecule has 1 amide bonds. The molecule has 1 N–H and O–H groups in total. The van der Waals surface area contributed by atoms with Crippen LogP contribution < -0.4 is 5.32 Å². The van der Waals surface area contributed by atoms with Crippen molar-refractivity contribution < 1.29 is 14.3 Å². The van der Waals surface area contributed by atoms with Crippen LogP contribution in [0.4, 0.5) is 0 Å². The molecule has 6 nitrogen and oxygen atoms in total. The summed E-state index contributed by atoms with van der Waals surface area (Å²) in [5.41, 5.74) is 3.01. The van der Waals surface area contributed by atoms with Crippen LogP contribution in [-0.4, -0.2) is 33.6 Å². The van der Waals surface area contributed by atoms with E-state index in [9.17, 15) is 9.59 Å². The summed E-state index contributed by atoms with van der Waals surface area (Å²) in [4.78, 5) is 29.0. The average molecular weight is 363 g/mol. The highest BCUT2D eigenvalue weighted by molar-refractivity contribution is 5.95. The predicted molar refractivity (Wildman–Crippen MR) is 102 cm³/mol. The molecule has 4 rings (SSSR count). The number of para-hydroxylation sites is 1. The Hall–Kier alpha value is -3.15. The number of imidazole rings is 1. The number of amides is 1. The van der Waals surface area contributed by atoms with Crippen LogP contribution in [0.2, 0.25) is 0 Å². The summed E-state index contributed by atoms with van der Waals surface area (Å²) >= 11 is 0. The van der Waals surface area contributed by atoms with Crippen LogP contribution in [0, 0.1) is 6.92 Å². The third-order valence-electron chi connectivity index (χ3n) is 4.65. The molecule has 138 valence electrons. The van der Waals surface area contributed by atoms with E-state index in [0.29, 0.717) is 11.1 Å². The van der Waals surface area contributed by atoms with Gasteiger partial charge in [0.1, 0.15) is 5.82 Å². The number of aryl methyl sites for hydroxylation is 1. The van der Waals surface area contributed by atoms with E-state index in [1.54, 1.807) is 19.1 Å². The summed E-state index contributed by atoms with van der Waals surface area (Å²) in [6.07, 6.45) is 1.16. The van der Waals surface area contributed by atoms with Crippen LogP contribution in [0.15, 0.2) is 48.5 Å². The van der Waals surface area contributed by atoms with Crippen molar-refractivity contribution in [2.45, 2.75) is 38.8 Å². The minimum atomic E-state index is -0.822. The van der Waals surface area contributed by atoms with Crippen molar-refractivity contribution in [3.05, 3.63) is 59.9 Å². The van der Waals surface area contributed by atoms with Crippen molar-refractivity contribution in [3.63, 3.8) is 0 Å². The van der Waals surface area contributed by atoms with E-state index in [-0.39, 0.29) is 11.9 Å². The van der Waals surface area contributed by atoms with Crippen LogP contribution in [0.1, 0.15) is 35.9 Å². The molecule has 0 radical (unpaired) electrons. The normalized spacial score (nSPS) is 14.7.